The van der Waals surface area contributed by atoms with E-state index in [0.29, 0.717) is 6.42 Å². The molecule has 0 saturated carbocycles. The van der Waals surface area contributed by atoms with E-state index in [9.17, 15) is 4.79 Å². The van der Waals surface area contributed by atoms with Crippen LogP contribution in [0, 0.1) is 0 Å². The molecule has 0 aromatic carbocycles. The maximum absolute atomic E-state index is 10.3. The summed E-state index contributed by atoms with van der Waals surface area (Å²) in [5.41, 5.74) is 0. The summed E-state index contributed by atoms with van der Waals surface area (Å²) in [4.78, 5) is 10.3. The molecule has 0 aliphatic rings. The molecule has 0 heterocycles. The number of hydrogen-bond donors (Lipinski definition) is 1. The second kappa shape index (κ2) is 12.8. The maximum atomic E-state index is 10.3. The fourth-order valence-electron chi connectivity index (χ4n) is 1.39. The van der Waals surface area contributed by atoms with Crippen LogP contribution in [0.2, 0.25) is 0 Å². The minimum absolute atomic E-state index is 0.299. The molecule has 1 N–H and O–H groups in total. The van der Waals surface area contributed by atoms with E-state index in [-0.39, 0.29) is 0 Å². The predicted octanol–water partition coefficient (Wildman–Crippen LogP) is 4.49. The summed E-state index contributed by atoms with van der Waals surface area (Å²) in [6.07, 6.45) is 19.0. The van der Waals surface area contributed by atoms with E-state index in [1.54, 1.807) is 0 Å². The SMILES string of the molecule is CC/C=C/C/C=C/C=C/CCCCCC(=O)O. The van der Waals surface area contributed by atoms with E-state index >= 15 is 0 Å². The van der Waals surface area contributed by atoms with Crippen LogP contribution in [0.3, 0.4) is 0 Å². The fraction of sp³-hybridized carbons (Fsp3) is 0.533. The van der Waals surface area contributed by atoms with Gasteiger partial charge in [-0.25, -0.2) is 0 Å². The molecule has 0 aliphatic carbocycles. The first kappa shape index (κ1) is 15.7. The number of unbranched alkanes of at least 4 members (excludes halogenated alkanes) is 3. The Labute approximate surface area is 105 Å². The van der Waals surface area contributed by atoms with Crippen LogP contribution in [0.1, 0.15) is 51.9 Å². The van der Waals surface area contributed by atoms with Gasteiger partial charge in [0.05, 0.1) is 0 Å². The first-order chi connectivity index (χ1) is 8.27. The van der Waals surface area contributed by atoms with Crippen LogP contribution in [-0.4, -0.2) is 11.1 Å². The van der Waals surface area contributed by atoms with Crippen molar-refractivity contribution in [2.24, 2.45) is 0 Å². The Balaban J connectivity index is 3.30. The average molecular weight is 236 g/mol. The van der Waals surface area contributed by atoms with Gasteiger partial charge in [-0.3, -0.25) is 4.79 Å². The maximum Gasteiger partial charge on any atom is 0.303 e. The number of hydrogen-bond acceptors (Lipinski definition) is 1. The molecule has 0 radical (unpaired) electrons. The Hall–Kier alpha value is -1.31. The van der Waals surface area contributed by atoms with Crippen molar-refractivity contribution in [3.8, 4) is 0 Å². The number of rotatable bonds is 10. The van der Waals surface area contributed by atoms with Crippen molar-refractivity contribution in [2.45, 2.75) is 51.9 Å². The average Bonchev–Trinajstić information content (AvgIpc) is 2.30. The normalized spacial score (nSPS) is 12.1. The summed E-state index contributed by atoms with van der Waals surface area (Å²) >= 11 is 0. The smallest absolute Gasteiger partial charge is 0.303 e. The summed E-state index contributed by atoms with van der Waals surface area (Å²) in [6.45, 7) is 2.13. The number of carbonyl (C=O) groups is 1. The van der Waals surface area contributed by atoms with Crippen molar-refractivity contribution in [3.05, 3.63) is 36.5 Å². The van der Waals surface area contributed by atoms with Crippen LogP contribution in [-0.2, 0) is 4.79 Å². The van der Waals surface area contributed by atoms with Crippen LogP contribution >= 0.6 is 0 Å². The van der Waals surface area contributed by atoms with Gasteiger partial charge in [-0.1, -0.05) is 49.8 Å². The predicted molar refractivity (Wildman–Crippen MR) is 73.0 cm³/mol. The van der Waals surface area contributed by atoms with Crippen molar-refractivity contribution < 1.29 is 9.90 Å². The molecule has 0 aliphatic heterocycles. The van der Waals surface area contributed by atoms with Gasteiger partial charge in [0, 0.05) is 6.42 Å². The fourth-order valence-corrected chi connectivity index (χ4v) is 1.39. The molecule has 0 atom stereocenters. The van der Waals surface area contributed by atoms with Gasteiger partial charge >= 0.3 is 5.97 Å². The van der Waals surface area contributed by atoms with Gasteiger partial charge in [0.2, 0.25) is 0 Å². The molecule has 0 aromatic heterocycles. The highest BCUT2D eigenvalue weighted by atomic mass is 16.4. The van der Waals surface area contributed by atoms with E-state index in [4.69, 9.17) is 5.11 Å². The van der Waals surface area contributed by atoms with Gasteiger partial charge in [0.1, 0.15) is 0 Å². The van der Waals surface area contributed by atoms with Crippen LogP contribution in [0.15, 0.2) is 36.5 Å². The first-order valence-electron chi connectivity index (χ1n) is 6.45. The molecule has 0 unspecified atom stereocenters. The summed E-state index contributed by atoms with van der Waals surface area (Å²) in [6, 6.07) is 0. The molecule has 0 aromatic rings. The molecule has 0 spiro atoms. The van der Waals surface area contributed by atoms with E-state index in [1.807, 2.05) is 0 Å². The highest BCUT2D eigenvalue weighted by Crippen LogP contribution is 2.03. The Morgan fingerprint density at radius 2 is 1.76 bits per heavy atom. The standard InChI is InChI=1S/C15H24O2/c1-2-3-4-5-6-7-8-9-10-11-12-13-14-15(16)17/h3-4,6-9H,2,5,10-14H2,1H3,(H,16,17)/b4-3+,7-6+,9-8+. The summed E-state index contributed by atoms with van der Waals surface area (Å²) < 4.78 is 0. The summed E-state index contributed by atoms with van der Waals surface area (Å²) in [5.74, 6) is -0.691. The zero-order valence-electron chi connectivity index (χ0n) is 10.8. The summed E-state index contributed by atoms with van der Waals surface area (Å²) in [5, 5.41) is 8.45. The molecular weight excluding hydrogens is 212 g/mol. The second-order valence-electron chi connectivity index (χ2n) is 3.96. The molecule has 0 fully saturated rings. The number of carboxylic acids is 1. The Kier molecular flexibility index (Phi) is 11.8. The van der Waals surface area contributed by atoms with Crippen molar-refractivity contribution in [2.75, 3.05) is 0 Å². The Morgan fingerprint density at radius 3 is 2.47 bits per heavy atom. The van der Waals surface area contributed by atoms with E-state index < -0.39 is 5.97 Å². The number of aliphatic carboxylic acids is 1. The molecule has 0 bridgehead atoms. The van der Waals surface area contributed by atoms with Gasteiger partial charge in [0.15, 0.2) is 0 Å². The quantitative estimate of drug-likeness (QED) is 0.345. The van der Waals surface area contributed by atoms with Gasteiger partial charge in [-0.15, -0.1) is 0 Å². The highest BCUT2D eigenvalue weighted by molar-refractivity contribution is 5.66. The van der Waals surface area contributed by atoms with Crippen LogP contribution in [0.5, 0.6) is 0 Å². The molecule has 0 amide bonds. The monoisotopic (exact) mass is 236 g/mol. The third-order valence-electron chi connectivity index (χ3n) is 2.32. The van der Waals surface area contributed by atoms with Crippen LogP contribution < -0.4 is 0 Å². The molecule has 17 heavy (non-hydrogen) atoms. The van der Waals surface area contributed by atoms with E-state index in [0.717, 1.165) is 38.5 Å². The van der Waals surface area contributed by atoms with Gasteiger partial charge < -0.3 is 5.11 Å². The highest BCUT2D eigenvalue weighted by Gasteiger charge is 1.94. The zero-order valence-corrected chi connectivity index (χ0v) is 10.8. The van der Waals surface area contributed by atoms with Crippen molar-refractivity contribution in [1.82, 2.24) is 0 Å². The van der Waals surface area contributed by atoms with Crippen molar-refractivity contribution >= 4 is 5.97 Å². The first-order valence-corrected chi connectivity index (χ1v) is 6.45. The third kappa shape index (κ3) is 14.7. The molecule has 96 valence electrons. The molecule has 0 rings (SSSR count). The van der Waals surface area contributed by atoms with Crippen LogP contribution in [0.25, 0.3) is 0 Å². The molecule has 0 saturated heterocycles. The van der Waals surface area contributed by atoms with Gasteiger partial charge in [-0.05, 0) is 32.1 Å². The largest absolute Gasteiger partial charge is 0.481 e. The lowest BCUT2D eigenvalue weighted by Gasteiger charge is -1.94. The minimum atomic E-state index is -0.691. The van der Waals surface area contributed by atoms with Gasteiger partial charge in [-0.2, -0.15) is 0 Å². The Morgan fingerprint density at radius 1 is 1.00 bits per heavy atom. The topological polar surface area (TPSA) is 37.3 Å². The number of carboxylic acid groups (broad SMARTS) is 1. The molecule has 2 nitrogen and oxygen atoms in total. The zero-order chi connectivity index (χ0) is 12.8. The lowest BCUT2D eigenvalue weighted by molar-refractivity contribution is -0.137. The number of allylic oxidation sites excluding steroid dienone is 6. The van der Waals surface area contributed by atoms with Crippen LogP contribution in [0.4, 0.5) is 0 Å². The second-order valence-corrected chi connectivity index (χ2v) is 3.96. The van der Waals surface area contributed by atoms with Crippen molar-refractivity contribution in [1.29, 1.82) is 0 Å². The summed E-state index contributed by atoms with van der Waals surface area (Å²) in [7, 11) is 0. The Bertz CT molecular complexity index is 262. The minimum Gasteiger partial charge on any atom is -0.481 e. The van der Waals surface area contributed by atoms with Crippen molar-refractivity contribution in [3.63, 3.8) is 0 Å². The van der Waals surface area contributed by atoms with Gasteiger partial charge in [0.25, 0.3) is 0 Å². The third-order valence-corrected chi connectivity index (χ3v) is 2.32. The lowest BCUT2D eigenvalue weighted by atomic mass is 10.1. The molecule has 2 heteroatoms. The van der Waals surface area contributed by atoms with E-state index in [2.05, 4.69) is 43.4 Å². The molecular formula is C15H24O2. The lowest BCUT2D eigenvalue weighted by Crippen LogP contribution is -1.93. The van der Waals surface area contributed by atoms with E-state index in [1.165, 1.54) is 0 Å².